The smallest absolute Gasteiger partial charge is 0.328 e. The van der Waals surface area contributed by atoms with Gasteiger partial charge in [0.15, 0.2) is 0 Å². The largest absolute Gasteiger partial charge is 0.466 e. The van der Waals surface area contributed by atoms with Crippen LogP contribution in [-0.4, -0.2) is 48.1 Å². The Hall–Kier alpha value is -2.59. The first kappa shape index (κ1) is 29.4. The molecule has 3 N–H and O–H groups in total. The molecular formula is C26H42N2O4Si2. The van der Waals surface area contributed by atoms with Gasteiger partial charge in [0.25, 0.3) is 0 Å². The normalized spacial score (nSPS) is 12.7. The Labute approximate surface area is 207 Å². The maximum Gasteiger partial charge on any atom is 0.328 e. The minimum absolute atomic E-state index is 0.0499. The van der Waals surface area contributed by atoms with Crippen molar-refractivity contribution < 1.29 is 19.1 Å². The van der Waals surface area contributed by atoms with Gasteiger partial charge in [0.2, 0.25) is 0 Å². The van der Waals surface area contributed by atoms with E-state index in [9.17, 15) is 9.59 Å². The Morgan fingerprint density at radius 2 is 1.41 bits per heavy atom. The minimum atomic E-state index is -1.84. The molecule has 2 unspecified atom stereocenters. The van der Waals surface area contributed by atoms with Crippen LogP contribution in [0.25, 0.3) is 0 Å². The molecule has 34 heavy (non-hydrogen) atoms. The van der Waals surface area contributed by atoms with Crippen LogP contribution in [0.1, 0.15) is 27.7 Å². The number of rotatable bonds is 9. The first-order valence-corrected chi connectivity index (χ1v) is 18.0. The molecule has 0 spiro atoms. The highest BCUT2D eigenvalue weighted by Crippen LogP contribution is 2.23. The molecule has 8 heteroatoms. The number of hydrogen-bond acceptors (Lipinski definition) is 6. The summed E-state index contributed by atoms with van der Waals surface area (Å²) in [5.74, 6) is -0.309. The predicted octanol–water partition coefficient (Wildman–Crippen LogP) is 3.88. The van der Waals surface area contributed by atoms with E-state index >= 15 is 0 Å². The summed E-state index contributed by atoms with van der Waals surface area (Å²) in [7, 11) is -2.57. The minimum Gasteiger partial charge on any atom is -0.466 e. The molecule has 2 rings (SSSR count). The van der Waals surface area contributed by atoms with Crippen molar-refractivity contribution in [1.29, 1.82) is 0 Å². The summed E-state index contributed by atoms with van der Waals surface area (Å²) in [4.78, 5) is 23.3. The summed E-state index contributed by atoms with van der Waals surface area (Å²) in [6.07, 6.45) is 0. The SMILES string of the molecule is CCOC(=O)C(C)Nc1ccc([SiH](C)C)cc1.CCOC(=O)C(C)[Si](C)(C)c1ccc(N)cc1. The van der Waals surface area contributed by atoms with Crippen LogP contribution < -0.4 is 21.4 Å². The Balaban J connectivity index is 0.000000340. The molecule has 0 saturated heterocycles. The van der Waals surface area contributed by atoms with Gasteiger partial charge in [-0.25, -0.2) is 4.79 Å². The van der Waals surface area contributed by atoms with Crippen molar-refractivity contribution in [1.82, 2.24) is 0 Å². The molecule has 0 aliphatic rings. The van der Waals surface area contributed by atoms with Crippen LogP contribution in [0, 0.1) is 0 Å². The van der Waals surface area contributed by atoms with Gasteiger partial charge in [0.1, 0.15) is 6.04 Å². The topological polar surface area (TPSA) is 90.6 Å². The number of anilines is 2. The van der Waals surface area contributed by atoms with Crippen molar-refractivity contribution in [3.63, 3.8) is 0 Å². The van der Waals surface area contributed by atoms with Gasteiger partial charge in [-0.1, -0.05) is 67.8 Å². The van der Waals surface area contributed by atoms with Crippen molar-refractivity contribution in [2.24, 2.45) is 0 Å². The second-order valence-corrected chi connectivity index (χ2v) is 17.1. The number of nitrogens with two attached hydrogens (primary N) is 1. The third-order valence-corrected chi connectivity index (χ3v) is 11.9. The van der Waals surface area contributed by atoms with Crippen LogP contribution >= 0.6 is 0 Å². The van der Waals surface area contributed by atoms with Crippen LogP contribution in [-0.2, 0) is 19.1 Å². The highest BCUT2D eigenvalue weighted by Gasteiger charge is 2.36. The lowest BCUT2D eigenvalue weighted by atomic mass is 10.2. The highest BCUT2D eigenvalue weighted by molar-refractivity contribution is 6.93. The number of carbonyl (C=O) groups is 2. The Morgan fingerprint density at radius 3 is 1.88 bits per heavy atom. The van der Waals surface area contributed by atoms with Crippen molar-refractivity contribution in [3.05, 3.63) is 48.5 Å². The van der Waals surface area contributed by atoms with Crippen molar-refractivity contribution in [3.8, 4) is 0 Å². The van der Waals surface area contributed by atoms with E-state index in [-0.39, 0.29) is 23.5 Å². The highest BCUT2D eigenvalue weighted by atomic mass is 28.3. The van der Waals surface area contributed by atoms with E-state index in [1.54, 1.807) is 0 Å². The summed E-state index contributed by atoms with van der Waals surface area (Å²) < 4.78 is 10.0. The fourth-order valence-corrected chi connectivity index (χ4v) is 6.43. The molecule has 6 nitrogen and oxygen atoms in total. The molecule has 0 aliphatic heterocycles. The third-order valence-electron chi connectivity index (χ3n) is 5.98. The summed E-state index contributed by atoms with van der Waals surface area (Å²) in [6.45, 7) is 17.2. The summed E-state index contributed by atoms with van der Waals surface area (Å²) in [5.41, 5.74) is 7.34. The molecule has 0 fully saturated rings. The predicted molar refractivity (Wildman–Crippen MR) is 149 cm³/mol. The molecule has 0 radical (unpaired) electrons. The molecule has 0 amide bonds. The molecule has 2 aromatic carbocycles. The maximum atomic E-state index is 11.8. The van der Waals surface area contributed by atoms with Crippen LogP contribution in [0.5, 0.6) is 0 Å². The number of nitrogen functional groups attached to an aromatic ring is 1. The number of carbonyl (C=O) groups excluding carboxylic acids is 2. The second-order valence-electron chi connectivity index (χ2n) is 9.21. The molecule has 2 atom stereocenters. The number of nitrogens with one attached hydrogen (secondary N) is 1. The summed E-state index contributed by atoms with van der Waals surface area (Å²) >= 11 is 0. The first-order chi connectivity index (χ1) is 15.9. The van der Waals surface area contributed by atoms with Gasteiger partial charge in [0.05, 0.1) is 35.6 Å². The third kappa shape index (κ3) is 8.98. The van der Waals surface area contributed by atoms with E-state index in [4.69, 9.17) is 15.2 Å². The molecule has 2 aromatic rings. The van der Waals surface area contributed by atoms with Gasteiger partial charge in [-0.05, 0) is 45.0 Å². The number of esters is 2. The van der Waals surface area contributed by atoms with E-state index in [0.29, 0.717) is 13.2 Å². The van der Waals surface area contributed by atoms with Gasteiger partial charge in [-0.15, -0.1) is 0 Å². The van der Waals surface area contributed by atoms with E-state index in [0.717, 1.165) is 11.4 Å². The van der Waals surface area contributed by atoms with Crippen LogP contribution in [0.2, 0.25) is 31.7 Å². The van der Waals surface area contributed by atoms with Gasteiger partial charge < -0.3 is 20.5 Å². The Morgan fingerprint density at radius 1 is 0.912 bits per heavy atom. The zero-order valence-electron chi connectivity index (χ0n) is 22.0. The molecule has 0 aromatic heterocycles. The van der Waals surface area contributed by atoms with Crippen molar-refractivity contribution in [2.45, 2.75) is 65.5 Å². The lowest BCUT2D eigenvalue weighted by Gasteiger charge is -2.28. The quantitative estimate of drug-likeness (QED) is 0.307. The monoisotopic (exact) mass is 502 g/mol. The van der Waals surface area contributed by atoms with Gasteiger partial charge in [-0.2, -0.15) is 0 Å². The fraction of sp³-hybridized carbons (Fsp3) is 0.462. The van der Waals surface area contributed by atoms with Crippen LogP contribution in [0.4, 0.5) is 11.4 Å². The van der Waals surface area contributed by atoms with E-state index in [1.807, 2.05) is 64.1 Å². The zero-order chi connectivity index (χ0) is 25.9. The van der Waals surface area contributed by atoms with E-state index in [2.05, 4.69) is 43.6 Å². The fourth-order valence-electron chi connectivity index (χ4n) is 3.26. The molecule has 188 valence electrons. The number of hydrogen-bond donors (Lipinski definition) is 2. The van der Waals surface area contributed by atoms with Crippen molar-refractivity contribution in [2.75, 3.05) is 24.3 Å². The van der Waals surface area contributed by atoms with Gasteiger partial charge >= 0.3 is 11.9 Å². The van der Waals surface area contributed by atoms with Crippen molar-refractivity contribution >= 4 is 50.6 Å². The van der Waals surface area contributed by atoms with Gasteiger partial charge in [-0.3, -0.25) is 4.79 Å². The summed E-state index contributed by atoms with van der Waals surface area (Å²) in [6, 6.07) is 15.8. The Kier molecular flexibility index (Phi) is 12.1. The van der Waals surface area contributed by atoms with Crippen LogP contribution in [0.3, 0.4) is 0 Å². The zero-order valence-corrected chi connectivity index (χ0v) is 24.1. The van der Waals surface area contributed by atoms with Gasteiger partial charge in [0, 0.05) is 11.4 Å². The number of ether oxygens (including phenoxy) is 2. The maximum absolute atomic E-state index is 11.8. The first-order valence-electron chi connectivity index (χ1n) is 12.0. The van der Waals surface area contributed by atoms with E-state index < -0.39 is 16.9 Å². The average molecular weight is 503 g/mol. The molecule has 0 bridgehead atoms. The standard InChI is InChI=1S/2C13H21NO2Si/c1-5-16-13(15)10(2)17(3,4)12-8-6-11(14)7-9-12;1-5-16-13(15)10(2)14-11-6-8-12(9-7-11)17(3)4/h6-10H,5,14H2,1-4H3;6-10,14,17H,5H2,1-4H3. The summed E-state index contributed by atoms with van der Waals surface area (Å²) in [5, 5.41) is 5.79. The lowest BCUT2D eigenvalue weighted by Crippen LogP contribution is -2.48. The average Bonchev–Trinajstić information content (AvgIpc) is 2.80. The molecule has 0 heterocycles. The molecular weight excluding hydrogens is 460 g/mol. The molecule has 0 aliphatic carbocycles. The Bertz CT molecular complexity index is 900. The second kappa shape index (κ2) is 14.0. The molecule has 0 saturated carbocycles. The number of benzene rings is 2. The van der Waals surface area contributed by atoms with E-state index in [1.165, 1.54) is 10.4 Å². The van der Waals surface area contributed by atoms with Crippen LogP contribution in [0.15, 0.2) is 48.5 Å². The lowest BCUT2D eigenvalue weighted by molar-refractivity contribution is -0.144.